The molecule has 2 aliphatic rings. The Labute approximate surface area is 155 Å². The van der Waals surface area contributed by atoms with E-state index in [1.807, 2.05) is 0 Å². The fraction of sp³-hybridized carbons (Fsp3) is 0.375. The molecule has 26 heavy (non-hydrogen) atoms. The molecule has 5 rings (SSSR count). The number of amidine groups is 1. The van der Waals surface area contributed by atoms with Gasteiger partial charge < -0.3 is 0 Å². The summed E-state index contributed by atoms with van der Waals surface area (Å²) in [5.41, 5.74) is 1.50. The molecule has 0 N–H and O–H groups in total. The van der Waals surface area contributed by atoms with Crippen molar-refractivity contribution >= 4 is 27.4 Å². The summed E-state index contributed by atoms with van der Waals surface area (Å²) in [5.74, 6) is 1.60. The average molecular weight is 343 g/mol. The molecule has 0 spiro atoms. The van der Waals surface area contributed by atoms with Gasteiger partial charge in [0.05, 0.1) is 19.6 Å². The summed E-state index contributed by atoms with van der Waals surface area (Å²) in [6.07, 6.45) is 6.62. The van der Waals surface area contributed by atoms with Gasteiger partial charge in [0.2, 0.25) is 5.84 Å². The number of nitrogens with zero attached hydrogens (tertiary/aromatic N) is 2. The van der Waals surface area contributed by atoms with Gasteiger partial charge in [-0.2, -0.15) is 0 Å². The zero-order chi connectivity index (χ0) is 17.3. The Hall–Kier alpha value is -2.35. The van der Waals surface area contributed by atoms with Crippen LogP contribution < -0.4 is 0 Å². The first-order chi connectivity index (χ1) is 12.9. The molecule has 3 aromatic rings. The number of rotatable bonds is 2. The van der Waals surface area contributed by atoms with Gasteiger partial charge in [-0.1, -0.05) is 48.5 Å². The monoisotopic (exact) mass is 343 g/mol. The van der Waals surface area contributed by atoms with E-state index >= 15 is 0 Å². The summed E-state index contributed by atoms with van der Waals surface area (Å²) < 4.78 is 2.67. The predicted octanol–water partition coefficient (Wildman–Crippen LogP) is 5.18. The molecular formula is C24H27N2+. The van der Waals surface area contributed by atoms with Gasteiger partial charge in [0.1, 0.15) is 6.54 Å². The van der Waals surface area contributed by atoms with Crippen LogP contribution >= 0.6 is 0 Å². The SMILES string of the molecule is c1ccc2c(CN3CCC[N+]4=C3CCCCC4)c3ccccc3cc2c1. The fourth-order valence-electron chi connectivity index (χ4n) is 4.87. The Morgan fingerprint density at radius 2 is 1.46 bits per heavy atom. The van der Waals surface area contributed by atoms with Gasteiger partial charge in [-0.3, -0.25) is 9.48 Å². The predicted molar refractivity (Wildman–Crippen MR) is 110 cm³/mol. The second kappa shape index (κ2) is 6.75. The molecule has 2 nitrogen and oxygen atoms in total. The Bertz CT molecular complexity index is 932. The molecule has 0 saturated heterocycles. The lowest BCUT2D eigenvalue weighted by atomic mass is 9.96. The van der Waals surface area contributed by atoms with Crippen LogP contribution in [-0.2, 0) is 6.54 Å². The Morgan fingerprint density at radius 1 is 0.769 bits per heavy atom. The maximum atomic E-state index is 2.68. The lowest BCUT2D eigenvalue weighted by molar-refractivity contribution is -0.539. The molecule has 2 heterocycles. The lowest BCUT2D eigenvalue weighted by Crippen LogP contribution is -2.43. The van der Waals surface area contributed by atoms with Gasteiger partial charge >= 0.3 is 0 Å². The van der Waals surface area contributed by atoms with E-state index in [2.05, 4.69) is 64.1 Å². The first-order valence-electron chi connectivity index (χ1n) is 10.2. The van der Waals surface area contributed by atoms with E-state index in [0.717, 1.165) is 6.54 Å². The average Bonchev–Trinajstić information content (AvgIpc) is 2.94. The summed E-state index contributed by atoms with van der Waals surface area (Å²) in [5, 5.41) is 5.55. The molecular weight excluding hydrogens is 316 g/mol. The molecule has 0 radical (unpaired) electrons. The summed E-state index contributed by atoms with van der Waals surface area (Å²) in [4.78, 5) is 2.68. The fourth-order valence-corrected chi connectivity index (χ4v) is 4.87. The lowest BCUT2D eigenvalue weighted by Gasteiger charge is -2.27. The highest BCUT2D eigenvalue weighted by molar-refractivity contribution is 6.02. The summed E-state index contributed by atoms with van der Waals surface area (Å²) >= 11 is 0. The van der Waals surface area contributed by atoms with Crippen LogP contribution in [0.3, 0.4) is 0 Å². The number of fused-ring (bicyclic) bond motifs is 2. The normalized spacial score (nSPS) is 18.2. The van der Waals surface area contributed by atoms with Crippen molar-refractivity contribution in [1.29, 1.82) is 0 Å². The van der Waals surface area contributed by atoms with Crippen LogP contribution in [0.5, 0.6) is 0 Å². The zero-order valence-electron chi connectivity index (χ0n) is 15.5. The van der Waals surface area contributed by atoms with Crippen molar-refractivity contribution in [3.05, 3.63) is 60.2 Å². The van der Waals surface area contributed by atoms with Crippen molar-refractivity contribution in [2.24, 2.45) is 0 Å². The molecule has 0 amide bonds. The third kappa shape index (κ3) is 2.78. The summed E-state index contributed by atoms with van der Waals surface area (Å²) in [6, 6.07) is 20.1. The number of hydrogen-bond acceptors (Lipinski definition) is 1. The van der Waals surface area contributed by atoms with Crippen LogP contribution in [0.4, 0.5) is 0 Å². The van der Waals surface area contributed by atoms with Crippen molar-refractivity contribution in [3.8, 4) is 0 Å². The molecule has 132 valence electrons. The Morgan fingerprint density at radius 3 is 2.23 bits per heavy atom. The highest BCUT2D eigenvalue weighted by Crippen LogP contribution is 2.30. The van der Waals surface area contributed by atoms with Crippen molar-refractivity contribution in [2.75, 3.05) is 19.6 Å². The Kier molecular flexibility index (Phi) is 4.12. The smallest absolute Gasteiger partial charge is 0.247 e. The molecule has 0 bridgehead atoms. The largest absolute Gasteiger partial charge is 0.266 e. The minimum Gasteiger partial charge on any atom is -0.266 e. The Balaban J connectivity index is 1.64. The zero-order valence-corrected chi connectivity index (χ0v) is 15.5. The van der Waals surface area contributed by atoms with E-state index in [4.69, 9.17) is 0 Å². The minimum atomic E-state index is 1.04. The molecule has 0 atom stereocenters. The molecule has 0 unspecified atom stereocenters. The third-order valence-electron chi connectivity index (χ3n) is 6.15. The molecule has 3 aromatic carbocycles. The summed E-state index contributed by atoms with van der Waals surface area (Å²) in [7, 11) is 0. The first kappa shape index (κ1) is 15.9. The van der Waals surface area contributed by atoms with Gasteiger partial charge in [0.25, 0.3) is 0 Å². The van der Waals surface area contributed by atoms with Crippen molar-refractivity contribution in [2.45, 2.75) is 38.6 Å². The second-order valence-corrected chi connectivity index (χ2v) is 7.79. The van der Waals surface area contributed by atoms with E-state index in [0.29, 0.717) is 0 Å². The van der Waals surface area contributed by atoms with Gasteiger partial charge in [0, 0.05) is 18.4 Å². The first-order valence-corrected chi connectivity index (χ1v) is 10.2. The van der Waals surface area contributed by atoms with Crippen molar-refractivity contribution in [1.82, 2.24) is 4.90 Å². The quantitative estimate of drug-likeness (QED) is 0.459. The van der Waals surface area contributed by atoms with E-state index in [1.165, 1.54) is 78.8 Å². The van der Waals surface area contributed by atoms with Crippen LogP contribution in [0.15, 0.2) is 54.6 Å². The molecule has 0 aliphatic carbocycles. The standard InChI is InChI=1S/C24H27N2/c1-2-13-24-25(14-7-1)15-8-16-26(24)18-23-21-11-5-3-9-19(21)17-20-10-4-6-12-22(20)23/h3-6,9-12,17H,1-2,7-8,13-16,18H2/q+1. The molecule has 0 aromatic heterocycles. The van der Waals surface area contributed by atoms with Crippen LogP contribution in [0.2, 0.25) is 0 Å². The topological polar surface area (TPSA) is 6.25 Å². The molecule has 0 fully saturated rings. The van der Waals surface area contributed by atoms with E-state index in [-0.39, 0.29) is 0 Å². The highest BCUT2D eigenvalue weighted by atomic mass is 15.3. The van der Waals surface area contributed by atoms with Crippen LogP contribution in [0.25, 0.3) is 21.5 Å². The van der Waals surface area contributed by atoms with Crippen molar-refractivity contribution in [3.63, 3.8) is 0 Å². The van der Waals surface area contributed by atoms with Crippen LogP contribution in [-0.4, -0.2) is 34.9 Å². The number of benzene rings is 3. The second-order valence-electron chi connectivity index (χ2n) is 7.79. The molecule has 2 aliphatic heterocycles. The summed E-state index contributed by atoms with van der Waals surface area (Å²) in [6.45, 7) is 4.74. The third-order valence-corrected chi connectivity index (χ3v) is 6.15. The maximum absolute atomic E-state index is 2.68. The van der Waals surface area contributed by atoms with Gasteiger partial charge in [0.15, 0.2) is 0 Å². The van der Waals surface area contributed by atoms with Crippen LogP contribution in [0.1, 0.15) is 37.7 Å². The van der Waals surface area contributed by atoms with E-state index in [9.17, 15) is 0 Å². The van der Waals surface area contributed by atoms with Gasteiger partial charge in [-0.15, -0.1) is 0 Å². The minimum absolute atomic E-state index is 1.04. The highest BCUT2D eigenvalue weighted by Gasteiger charge is 2.29. The molecule has 2 heteroatoms. The maximum Gasteiger partial charge on any atom is 0.247 e. The van der Waals surface area contributed by atoms with E-state index in [1.54, 1.807) is 5.84 Å². The number of hydrogen-bond donors (Lipinski definition) is 0. The molecule has 0 saturated carbocycles. The van der Waals surface area contributed by atoms with Gasteiger partial charge in [-0.25, -0.2) is 0 Å². The van der Waals surface area contributed by atoms with Crippen LogP contribution in [0, 0.1) is 0 Å². The van der Waals surface area contributed by atoms with Gasteiger partial charge in [-0.05, 0) is 46.9 Å². The van der Waals surface area contributed by atoms with E-state index < -0.39 is 0 Å². The van der Waals surface area contributed by atoms with Crippen molar-refractivity contribution < 1.29 is 4.58 Å².